The van der Waals surface area contributed by atoms with Crippen molar-refractivity contribution in [2.45, 2.75) is 39.7 Å². The van der Waals surface area contributed by atoms with Gasteiger partial charge in [0, 0.05) is 11.8 Å². The van der Waals surface area contributed by atoms with Gasteiger partial charge in [-0.15, -0.1) is 0 Å². The molecular formula is C22H27ClN2O4. The van der Waals surface area contributed by atoms with E-state index >= 15 is 0 Å². The Kier molecular flexibility index (Phi) is 8.80. The average molecular weight is 419 g/mol. The second kappa shape index (κ2) is 11.3. The summed E-state index contributed by atoms with van der Waals surface area (Å²) in [5, 5.41) is 5.78. The van der Waals surface area contributed by atoms with E-state index in [1.165, 1.54) is 0 Å². The fourth-order valence-corrected chi connectivity index (χ4v) is 2.70. The van der Waals surface area contributed by atoms with Crippen molar-refractivity contribution >= 4 is 29.1 Å². The van der Waals surface area contributed by atoms with E-state index in [4.69, 9.17) is 21.1 Å². The Bertz CT molecular complexity index is 841. The summed E-state index contributed by atoms with van der Waals surface area (Å²) in [5.74, 6) is 0.451. The highest BCUT2D eigenvalue weighted by Crippen LogP contribution is 2.31. The molecule has 2 amide bonds. The summed E-state index contributed by atoms with van der Waals surface area (Å²) in [6.45, 7) is 6.78. The van der Waals surface area contributed by atoms with Gasteiger partial charge in [0.2, 0.25) is 5.91 Å². The van der Waals surface area contributed by atoms with Crippen molar-refractivity contribution in [3.8, 4) is 11.5 Å². The monoisotopic (exact) mass is 418 g/mol. The van der Waals surface area contributed by atoms with Crippen molar-refractivity contribution < 1.29 is 19.1 Å². The second-order valence-corrected chi connectivity index (χ2v) is 6.93. The fraction of sp³-hybridized carbons (Fsp3) is 0.364. The first kappa shape index (κ1) is 22.6. The van der Waals surface area contributed by atoms with Gasteiger partial charge in [-0.3, -0.25) is 9.59 Å². The number of benzene rings is 2. The van der Waals surface area contributed by atoms with Crippen LogP contribution in [0.1, 0.15) is 44.0 Å². The van der Waals surface area contributed by atoms with Crippen LogP contribution in [0, 0.1) is 0 Å². The summed E-state index contributed by atoms with van der Waals surface area (Å²) in [4.78, 5) is 24.9. The lowest BCUT2D eigenvalue weighted by molar-refractivity contribution is -0.117. The predicted molar refractivity (Wildman–Crippen MR) is 115 cm³/mol. The molecule has 6 nitrogen and oxygen atoms in total. The molecule has 2 rings (SSSR count). The number of anilines is 1. The SMILES string of the molecule is CCCOc1ccc(NC(=O)[C@H](C)NC(=O)c2ccccc2Cl)cc1OCCC. The average Bonchev–Trinajstić information content (AvgIpc) is 2.71. The number of carbonyl (C=O) groups excluding carboxylic acids is 2. The largest absolute Gasteiger partial charge is 0.490 e. The molecule has 0 aliphatic heterocycles. The van der Waals surface area contributed by atoms with Crippen molar-refractivity contribution in [1.82, 2.24) is 5.32 Å². The molecule has 0 unspecified atom stereocenters. The van der Waals surface area contributed by atoms with E-state index in [1.807, 2.05) is 13.8 Å². The molecule has 0 saturated carbocycles. The third kappa shape index (κ3) is 6.68. The molecule has 7 heteroatoms. The molecule has 0 radical (unpaired) electrons. The molecule has 2 aromatic rings. The first-order valence-electron chi connectivity index (χ1n) is 9.72. The minimum Gasteiger partial charge on any atom is -0.490 e. The van der Waals surface area contributed by atoms with Crippen LogP contribution in [0.5, 0.6) is 11.5 Å². The van der Waals surface area contributed by atoms with Gasteiger partial charge in [0.15, 0.2) is 11.5 Å². The van der Waals surface area contributed by atoms with Crippen LogP contribution in [0.15, 0.2) is 42.5 Å². The van der Waals surface area contributed by atoms with Crippen LogP contribution in [0.3, 0.4) is 0 Å². The fourth-order valence-electron chi connectivity index (χ4n) is 2.48. The zero-order valence-corrected chi connectivity index (χ0v) is 17.7. The highest BCUT2D eigenvalue weighted by molar-refractivity contribution is 6.33. The molecule has 0 heterocycles. The Morgan fingerprint density at radius 2 is 1.66 bits per heavy atom. The molecule has 2 aromatic carbocycles. The van der Waals surface area contributed by atoms with E-state index in [9.17, 15) is 9.59 Å². The van der Waals surface area contributed by atoms with Crippen LogP contribution in [0.4, 0.5) is 5.69 Å². The Labute approximate surface area is 176 Å². The molecule has 0 aliphatic carbocycles. The van der Waals surface area contributed by atoms with E-state index in [2.05, 4.69) is 10.6 Å². The molecule has 0 bridgehead atoms. The second-order valence-electron chi connectivity index (χ2n) is 6.52. The number of halogens is 1. The summed E-state index contributed by atoms with van der Waals surface area (Å²) in [5.41, 5.74) is 0.880. The van der Waals surface area contributed by atoms with Gasteiger partial charge in [0.25, 0.3) is 5.91 Å². The summed E-state index contributed by atoms with van der Waals surface area (Å²) >= 11 is 6.03. The van der Waals surface area contributed by atoms with Gasteiger partial charge >= 0.3 is 0 Å². The number of rotatable bonds is 10. The van der Waals surface area contributed by atoms with Crippen molar-refractivity contribution in [2.24, 2.45) is 0 Å². The van der Waals surface area contributed by atoms with Crippen LogP contribution in [-0.4, -0.2) is 31.1 Å². The number of amides is 2. The van der Waals surface area contributed by atoms with E-state index in [0.717, 1.165) is 12.8 Å². The number of hydrogen-bond acceptors (Lipinski definition) is 4. The smallest absolute Gasteiger partial charge is 0.253 e. The number of nitrogens with one attached hydrogen (secondary N) is 2. The Hall–Kier alpha value is -2.73. The van der Waals surface area contributed by atoms with Crippen molar-refractivity contribution in [1.29, 1.82) is 0 Å². The summed E-state index contributed by atoms with van der Waals surface area (Å²) in [6.07, 6.45) is 1.74. The van der Waals surface area contributed by atoms with Crippen molar-refractivity contribution in [3.05, 3.63) is 53.1 Å². The van der Waals surface area contributed by atoms with E-state index < -0.39 is 11.9 Å². The zero-order valence-electron chi connectivity index (χ0n) is 17.0. The lowest BCUT2D eigenvalue weighted by Crippen LogP contribution is -2.41. The lowest BCUT2D eigenvalue weighted by Gasteiger charge is -2.17. The van der Waals surface area contributed by atoms with Gasteiger partial charge in [0.05, 0.1) is 23.8 Å². The van der Waals surface area contributed by atoms with E-state index in [1.54, 1.807) is 49.4 Å². The first-order valence-corrected chi connectivity index (χ1v) is 10.1. The molecule has 1 atom stereocenters. The molecule has 0 saturated heterocycles. The minimum absolute atomic E-state index is 0.321. The molecule has 156 valence electrons. The Morgan fingerprint density at radius 1 is 1.00 bits per heavy atom. The molecule has 0 aromatic heterocycles. The number of ether oxygens (including phenoxy) is 2. The van der Waals surface area contributed by atoms with Gasteiger partial charge in [-0.2, -0.15) is 0 Å². The van der Waals surface area contributed by atoms with Gasteiger partial charge < -0.3 is 20.1 Å². The summed E-state index contributed by atoms with van der Waals surface area (Å²) < 4.78 is 11.4. The summed E-state index contributed by atoms with van der Waals surface area (Å²) in [7, 11) is 0. The van der Waals surface area contributed by atoms with Gasteiger partial charge in [-0.25, -0.2) is 0 Å². The van der Waals surface area contributed by atoms with Gasteiger partial charge in [-0.1, -0.05) is 37.6 Å². The van der Waals surface area contributed by atoms with Crippen molar-refractivity contribution in [3.63, 3.8) is 0 Å². The van der Waals surface area contributed by atoms with E-state index in [-0.39, 0.29) is 5.91 Å². The maximum atomic E-state index is 12.5. The number of carbonyl (C=O) groups is 2. The molecule has 29 heavy (non-hydrogen) atoms. The van der Waals surface area contributed by atoms with Crippen LogP contribution >= 0.6 is 11.6 Å². The lowest BCUT2D eigenvalue weighted by atomic mass is 10.2. The number of hydrogen-bond donors (Lipinski definition) is 2. The normalized spacial score (nSPS) is 11.4. The Balaban J connectivity index is 2.04. The van der Waals surface area contributed by atoms with Gasteiger partial charge in [-0.05, 0) is 44.0 Å². The maximum absolute atomic E-state index is 12.5. The standard InChI is InChI=1S/C22H27ClN2O4/c1-4-12-28-19-11-10-16(14-20(19)29-13-5-2)25-21(26)15(3)24-22(27)17-8-6-7-9-18(17)23/h6-11,14-15H,4-5,12-13H2,1-3H3,(H,24,27)(H,25,26)/t15-/m0/s1. The Morgan fingerprint density at radius 3 is 2.31 bits per heavy atom. The van der Waals surface area contributed by atoms with Crippen LogP contribution in [0.2, 0.25) is 5.02 Å². The third-order valence-electron chi connectivity index (χ3n) is 3.99. The highest BCUT2D eigenvalue weighted by atomic mass is 35.5. The minimum atomic E-state index is -0.755. The first-order chi connectivity index (χ1) is 14.0. The maximum Gasteiger partial charge on any atom is 0.253 e. The third-order valence-corrected chi connectivity index (χ3v) is 4.32. The molecule has 0 aliphatic rings. The van der Waals surface area contributed by atoms with Crippen LogP contribution in [0.25, 0.3) is 0 Å². The van der Waals surface area contributed by atoms with E-state index in [0.29, 0.717) is 41.0 Å². The quantitative estimate of drug-likeness (QED) is 0.587. The summed E-state index contributed by atoms with van der Waals surface area (Å²) in [6, 6.07) is 11.2. The highest BCUT2D eigenvalue weighted by Gasteiger charge is 2.19. The van der Waals surface area contributed by atoms with Crippen LogP contribution < -0.4 is 20.1 Å². The molecule has 0 spiro atoms. The van der Waals surface area contributed by atoms with Crippen LogP contribution in [-0.2, 0) is 4.79 Å². The van der Waals surface area contributed by atoms with Gasteiger partial charge in [0.1, 0.15) is 6.04 Å². The molecule has 2 N–H and O–H groups in total. The predicted octanol–water partition coefficient (Wildman–Crippen LogP) is 4.67. The molecular weight excluding hydrogens is 392 g/mol. The zero-order chi connectivity index (χ0) is 21.2. The van der Waals surface area contributed by atoms with Crippen molar-refractivity contribution in [2.75, 3.05) is 18.5 Å². The molecule has 0 fully saturated rings. The topological polar surface area (TPSA) is 76.7 Å².